The first kappa shape index (κ1) is 14.5. The SMILES string of the molecule is O=S1(=O)C2(c3ccccc3)[C@@H]3CC[C@H]2[C@H]2CC[C@@H]3C21c1ccccc1. The second kappa shape index (κ2) is 4.37. The Hall–Kier alpha value is -1.61. The van der Waals surface area contributed by atoms with E-state index in [2.05, 4.69) is 24.3 Å². The normalized spacial score (nSPS) is 45.1. The third-order valence-corrected chi connectivity index (χ3v) is 11.6. The van der Waals surface area contributed by atoms with Gasteiger partial charge in [-0.1, -0.05) is 60.7 Å². The van der Waals surface area contributed by atoms with Gasteiger partial charge in [-0.15, -0.1) is 0 Å². The predicted molar refractivity (Wildman–Crippen MR) is 97.6 cm³/mol. The minimum Gasteiger partial charge on any atom is -0.227 e. The Balaban J connectivity index is 1.73. The number of hydrogen-bond donors (Lipinski definition) is 0. The molecule has 0 spiro atoms. The van der Waals surface area contributed by atoms with Crippen LogP contribution in [-0.2, 0) is 19.3 Å². The number of hydrogen-bond acceptors (Lipinski definition) is 2. The van der Waals surface area contributed by atoms with Crippen molar-refractivity contribution in [2.75, 3.05) is 0 Å². The Labute approximate surface area is 149 Å². The molecule has 0 aromatic heterocycles. The summed E-state index contributed by atoms with van der Waals surface area (Å²) in [6, 6.07) is 20.4. The fourth-order valence-corrected chi connectivity index (χ4v) is 11.9. The Morgan fingerprint density at radius 3 is 1.24 bits per heavy atom. The lowest BCUT2D eigenvalue weighted by Gasteiger charge is -2.38. The molecule has 2 aromatic carbocycles. The van der Waals surface area contributed by atoms with E-state index in [4.69, 9.17) is 0 Å². The summed E-state index contributed by atoms with van der Waals surface area (Å²) < 4.78 is 27.4. The molecule has 2 aromatic rings. The Bertz CT molecular complexity index is 855. The van der Waals surface area contributed by atoms with Crippen molar-refractivity contribution in [3.8, 4) is 0 Å². The summed E-state index contributed by atoms with van der Waals surface area (Å²) in [6.45, 7) is 0. The summed E-state index contributed by atoms with van der Waals surface area (Å²) in [5.74, 6) is 1.18. The average Bonchev–Trinajstić information content (AvgIpc) is 3.22. The Morgan fingerprint density at radius 1 is 0.600 bits per heavy atom. The summed E-state index contributed by atoms with van der Waals surface area (Å²) in [5.41, 5.74) is 2.13. The molecule has 25 heavy (non-hydrogen) atoms. The van der Waals surface area contributed by atoms with E-state index in [1.807, 2.05) is 36.4 Å². The monoisotopic (exact) mass is 350 g/mol. The first-order valence-electron chi connectivity index (χ1n) is 9.52. The molecule has 3 heteroatoms. The summed E-state index contributed by atoms with van der Waals surface area (Å²) >= 11 is 0. The molecule has 2 bridgehead atoms. The number of benzene rings is 2. The first-order chi connectivity index (χ1) is 12.2. The van der Waals surface area contributed by atoms with E-state index in [1.165, 1.54) is 0 Å². The third-order valence-electron chi connectivity index (χ3n) is 8.09. The predicted octanol–water partition coefficient (Wildman–Crippen LogP) is 4.27. The van der Waals surface area contributed by atoms with Gasteiger partial charge in [0.15, 0.2) is 9.84 Å². The molecule has 2 aliphatic heterocycles. The maximum atomic E-state index is 14.3. The molecular formula is C22H22O2S. The van der Waals surface area contributed by atoms with E-state index >= 15 is 0 Å². The van der Waals surface area contributed by atoms with Gasteiger partial charge in [-0.2, -0.15) is 0 Å². The van der Waals surface area contributed by atoms with Crippen LogP contribution in [0.25, 0.3) is 0 Å². The molecule has 2 saturated carbocycles. The minimum absolute atomic E-state index is 0.295. The topological polar surface area (TPSA) is 34.1 Å². The highest BCUT2D eigenvalue weighted by molar-refractivity contribution is 7.94. The highest BCUT2D eigenvalue weighted by Gasteiger charge is 2.87. The van der Waals surface area contributed by atoms with Crippen LogP contribution in [0.3, 0.4) is 0 Å². The Kier molecular flexibility index (Phi) is 2.55. The van der Waals surface area contributed by atoms with Gasteiger partial charge in [-0.3, -0.25) is 0 Å². The fraction of sp³-hybridized carbons (Fsp3) is 0.455. The summed E-state index contributed by atoms with van der Waals surface area (Å²) in [4.78, 5) is 0. The maximum absolute atomic E-state index is 14.3. The van der Waals surface area contributed by atoms with Gasteiger partial charge < -0.3 is 0 Å². The molecular weight excluding hydrogens is 328 g/mol. The van der Waals surface area contributed by atoms with Crippen molar-refractivity contribution >= 4 is 9.84 Å². The highest BCUT2D eigenvalue weighted by Crippen LogP contribution is 2.83. The van der Waals surface area contributed by atoms with E-state index in [0.717, 1.165) is 36.8 Å². The zero-order valence-electron chi connectivity index (χ0n) is 14.1. The standard InChI is InChI=1S/C22H22O2S/c23-25(24)21(15-7-3-1-4-8-15)17-11-12-18(21)20-14-13-19(17)22(20,25)16-9-5-2-6-10-16/h1-10,17-20H,11-14H2/t17-,18+,19+,20-,21?,22?. The first-order valence-corrected chi connectivity index (χ1v) is 11.0. The van der Waals surface area contributed by atoms with Crippen LogP contribution in [0.2, 0.25) is 0 Å². The van der Waals surface area contributed by atoms with Gasteiger partial charge in [0.25, 0.3) is 0 Å². The lowest BCUT2D eigenvalue weighted by atomic mass is 9.62. The molecule has 4 aliphatic rings. The van der Waals surface area contributed by atoms with Crippen LogP contribution >= 0.6 is 0 Å². The van der Waals surface area contributed by atoms with Crippen molar-refractivity contribution in [3.63, 3.8) is 0 Å². The van der Waals surface area contributed by atoms with E-state index in [9.17, 15) is 8.42 Å². The van der Waals surface area contributed by atoms with Crippen LogP contribution in [0.5, 0.6) is 0 Å². The van der Waals surface area contributed by atoms with Crippen molar-refractivity contribution in [2.45, 2.75) is 35.2 Å². The second-order valence-electron chi connectivity index (χ2n) is 8.40. The van der Waals surface area contributed by atoms with Gasteiger partial charge >= 0.3 is 0 Å². The molecule has 2 unspecified atom stereocenters. The molecule has 128 valence electrons. The molecule has 2 nitrogen and oxygen atoms in total. The van der Waals surface area contributed by atoms with Crippen LogP contribution in [0.1, 0.15) is 36.8 Å². The molecule has 2 aliphatic carbocycles. The fourth-order valence-electron chi connectivity index (χ4n) is 7.77. The summed E-state index contributed by atoms with van der Waals surface area (Å²) in [6.07, 6.45) is 4.31. The van der Waals surface area contributed by atoms with Crippen LogP contribution in [0.15, 0.2) is 60.7 Å². The molecule has 2 heterocycles. The maximum Gasteiger partial charge on any atom is 0.171 e. The van der Waals surface area contributed by atoms with Crippen LogP contribution in [-0.4, -0.2) is 8.42 Å². The van der Waals surface area contributed by atoms with Crippen molar-refractivity contribution in [3.05, 3.63) is 71.8 Å². The molecule has 0 radical (unpaired) electrons. The average molecular weight is 350 g/mol. The van der Waals surface area contributed by atoms with Gasteiger partial charge in [0, 0.05) is 0 Å². The largest absolute Gasteiger partial charge is 0.227 e. The zero-order chi connectivity index (χ0) is 16.9. The molecule has 6 rings (SSSR count). The lowest BCUT2D eigenvalue weighted by Crippen LogP contribution is -2.40. The molecule has 6 atom stereocenters. The van der Waals surface area contributed by atoms with Crippen molar-refractivity contribution in [1.82, 2.24) is 0 Å². The quantitative estimate of drug-likeness (QED) is 0.810. The minimum atomic E-state index is -3.29. The summed E-state index contributed by atoms with van der Waals surface area (Å²) in [5, 5.41) is 0. The summed E-state index contributed by atoms with van der Waals surface area (Å²) in [7, 11) is -3.29. The van der Waals surface area contributed by atoms with Crippen LogP contribution in [0, 0.1) is 23.7 Å². The molecule has 0 N–H and O–H groups in total. The third kappa shape index (κ3) is 1.25. The Morgan fingerprint density at radius 2 is 0.920 bits per heavy atom. The number of rotatable bonds is 2. The van der Waals surface area contributed by atoms with Gasteiger partial charge in [0.1, 0.15) is 9.49 Å². The van der Waals surface area contributed by atoms with Crippen molar-refractivity contribution in [2.24, 2.45) is 23.7 Å². The van der Waals surface area contributed by atoms with Gasteiger partial charge in [0.2, 0.25) is 0 Å². The van der Waals surface area contributed by atoms with E-state index < -0.39 is 19.3 Å². The van der Waals surface area contributed by atoms with Gasteiger partial charge in [-0.25, -0.2) is 8.42 Å². The van der Waals surface area contributed by atoms with Gasteiger partial charge in [0.05, 0.1) is 0 Å². The number of sulfone groups is 1. The molecule has 2 saturated heterocycles. The van der Waals surface area contributed by atoms with E-state index in [0.29, 0.717) is 23.7 Å². The molecule has 0 amide bonds. The van der Waals surface area contributed by atoms with Gasteiger partial charge in [-0.05, 0) is 60.5 Å². The van der Waals surface area contributed by atoms with E-state index in [1.54, 1.807) is 0 Å². The lowest BCUT2D eigenvalue weighted by molar-refractivity contribution is 0.166. The van der Waals surface area contributed by atoms with Crippen LogP contribution in [0.4, 0.5) is 0 Å². The van der Waals surface area contributed by atoms with E-state index in [-0.39, 0.29) is 0 Å². The zero-order valence-corrected chi connectivity index (χ0v) is 15.0. The number of fused-ring (bicyclic) bond motifs is 2. The second-order valence-corrected chi connectivity index (χ2v) is 10.8. The van der Waals surface area contributed by atoms with Crippen LogP contribution < -0.4 is 0 Å². The highest BCUT2D eigenvalue weighted by atomic mass is 32.2. The smallest absolute Gasteiger partial charge is 0.171 e. The molecule has 4 fully saturated rings. The van der Waals surface area contributed by atoms with Crippen molar-refractivity contribution in [1.29, 1.82) is 0 Å². The van der Waals surface area contributed by atoms with Crippen molar-refractivity contribution < 1.29 is 8.42 Å².